The second-order valence-electron chi connectivity index (χ2n) is 4.01. The van der Waals surface area contributed by atoms with Crippen LogP contribution in [-0.2, 0) is 16.6 Å². The molecule has 1 saturated heterocycles. The summed E-state index contributed by atoms with van der Waals surface area (Å²) in [5.74, 6) is -0.841. The summed E-state index contributed by atoms with van der Waals surface area (Å²) < 4.78 is 6.75. The zero-order chi connectivity index (χ0) is 11.7. The van der Waals surface area contributed by atoms with Gasteiger partial charge < -0.3 is 4.74 Å². The van der Waals surface area contributed by atoms with Gasteiger partial charge in [0.2, 0.25) is 0 Å². The van der Waals surface area contributed by atoms with E-state index in [4.69, 9.17) is 4.74 Å². The van der Waals surface area contributed by atoms with Gasteiger partial charge in [-0.1, -0.05) is 0 Å². The van der Waals surface area contributed by atoms with E-state index in [1.54, 1.807) is 24.9 Å². The van der Waals surface area contributed by atoms with Crippen molar-refractivity contribution in [1.82, 2.24) is 9.78 Å². The van der Waals surface area contributed by atoms with Crippen molar-refractivity contribution in [2.24, 2.45) is 13.0 Å². The number of hydrogen-bond acceptors (Lipinski definition) is 4. The Labute approximate surface area is 93.4 Å². The van der Waals surface area contributed by atoms with Crippen LogP contribution in [0.15, 0.2) is 6.20 Å². The summed E-state index contributed by atoms with van der Waals surface area (Å²) in [5, 5.41) is 4.10. The number of aromatic nitrogens is 2. The van der Waals surface area contributed by atoms with E-state index in [0.29, 0.717) is 24.3 Å². The van der Waals surface area contributed by atoms with Crippen molar-refractivity contribution >= 4 is 11.6 Å². The standard InChI is InChI=1S/C11H14N2O3/c1-7-8(5-13(2)12-7)11(15)9-6-16-4-3-10(9)14/h5,9H,3-4,6H2,1-2H3. The summed E-state index contributed by atoms with van der Waals surface area (Å²) >= 11 is 0. The average molecular weight is 222 g/mol. The number of aryl methyl sites for hydroxylation is 2. The summed E-state index contributed by atoms with van der Waals surface area (Å²) in [5.41, 5.74) is 1.18. The minimum absolute atomic E-state index is 0.0282. The largest absolute Gasteiger partial charge is 0.380 e. The monoisotopic (exact) mass is 222 g/mol. The van der Waals surface area contributed by atoms with Crippen LogP contribution < -0.4 is 0 Å². The SMILES string of the molecule is Cc1nn(C)cc1C(=O)C1COCCC1=O. The van der Waals surface area contributed by atoms with Crippen LogP contribution in [0.1, 0.15) is 22.5 Å². The second-order valence-corrected chi connectivity index (χ2v) is 4.01. The highest BCUT2D eigenvalue weighted by molar-refractivity contribution is 6.11. The molecule has 0 saturated carbocycles. The number of carbonyl (C=O) groups excluding carboxylic acids is 2. The van der Waals surface area contributed by atoms with Crippen LogP contribution in [0.5, 0.6) is 0 Å². The first-order valence-corrected chi connectivity index (χ1v) is 5.24. The zero-order valence-electron chi connectivity index (χ0n) is 9.40. The Morgan fingerprint density at radius 2 is 2.38 bits per heavy atom. The van der Waals surface area contributed by atoms with E-state index in [0.717, 1.165) is 0 Å². The lowest BCUT2D eigenvalue weighted by Gasteiger charge is -2.19. The van der Waals surface area contributed by atoms with Gasteiger partial charge in [-0.2, -0.15) is 5.10 Å². The first kappa shape index (κ1) is 11.0. The van der Waals surface area contributed by atoms with Gasteiger partial charge in [0.15, 0.2) is 5.78 Å². The number of carbonyl (C=O) groups is 2. The van der Waals surface area contributed by atoms with Gasteiger partial charge in [0, 0.05) is 19.7 Å². The van der Waals surface area contributed by atoms with Crippen molar-refractivity contribution in [3.63, 3.8) is 0 Å². The minimum Gasteiger partial charge on any atom is -0.380 e. The maximum atomic E-state index is 12.1. The number of hydrogen-bond donors (Lipinski definition) is 0. The molecule has 1 aliphatic rings. The summed E-state index contributed by atoms with van der Waals surface area (Å²) in [6.07, 6.45) is 1.98. The molecular weight excluding hydrogens is 208 g/mol. The van der Waals surface area contributed by atoms with Crippen molar-refractivity contribution in [3.8, 4) is 0 Å². The predicted octanol–water partition coefficient (Wildman–Crippen LogP) is 0.517. The number of ketones is 2. The van der Waals surface area contributed by atoms with Crippen LogP contribution >= 0.6 is 0 Å². The molecule has 5 nitrogen and oxygen atoms in total. The van der Waals surface area contributed by atoms with E-state index in [1.165, 1.54) is 0 Å². The molecule has 1 atom stereocenters. The lowest BCUT2D eigenvalue weighted by Crippen LogP contribution is -2.34. The Bertz CT molecular complexity index is 436. The molecule has 0 amide bonds. The normalized spacial score (nSPS) is 21.1. The van der Waals surface area contributed by atoms with Crippen molar-refractivity contribution in [2.45, 2.75) is 13.3 Å². The van der Waals surface area contributed by atoms with Crippen LogP contribution in [0.25, 0.3) is 0 Å². The summed E-state index contributed by atoms with van der Waals surface area (Å²) in [4.78, 5) is 23.7. The van der Waals surface area contributed by atoms with Crippen molar-refractivity contribution in [1.29, 1.82) is 0 Å². The lowest BCUT2D eigenvalue weighted by molar-refractivity contribution is -0.128. The molecule has 1 aliphatic heterocycles. The lowest BCUT2D eigenvalue weighted by atomic mass is 9.92. The van der Waals surface area contributed by atoms with E-state index in [2.05, 4.69) is 5.10 Å². The molecular formula is C11H14N2O3. The zero-order valence-corrected chi connectivity index (χ0v) is 9.40. The van der Waals surface area contributed by atoms with Crippen LogP contribution in [0, 0.1) is 12.8 Å². The molecule has 1 unspecified atom stereocenters. The molecule has 0 aromatic carbocycles. The van der Waals surface area contributed by atoms with Gasteiger partial charge in [-0.05, 0) is 6.92 Å². The molecule has 5 heteroatoms. The minimum atomic E-state index is -0.642. The van der Waals surface area contributed by atoms with Crippen LogP contribution in [0.2, 0.25) is 0 Å². The molecule has 0 aliphatic carbocycles. The first-order valence-electron chi connectivity index (χ1n) is 5.24. The van der Waals surface area contributed by atoms with Crippen LogP contribution in [0.4, 0.5) is 0 Å². The Balaban J connectivity index is 2.24. The second kappa shape index (κ2) is 4.17. The fourth-order valence-corrected chi connectivity index (χ4v) is 1.89. The van der Waals surface area contributed by atoms with Crippen molar-refractivity contribution in [2.75, 3.05) is 13.2 Å². The summed E-state index contributed by atoms with van der Waals surface area (Å²) in [6, 6.07) is 0. The molecule has 1 aromatic heterocycles. The van der Waals surface area contributed by atoms with Gasteiger partial charge in [-0.15, -0.1) is 0 Å². The molecule has 16 heavy (non-hydrogen) atoms. The van der Waals surface area contributed by atoms with E-state index >= 15 is 0 Å². The highest BCUT2D eigenvalue weighted by Crippen LogP contribution is 2.17. The highest BCUT2D eigenvalue weighted by atomic mass is 16.5. The smallest absolute Gasteiger partial charge is 0.179 e. The molecule has 86 valence electrons. The number of ether oxygens (including phenoxy) is 1. The van der Waals surface area contributed by atoms with Gasteiger partial charge in [-0.25, -0.2) is 0 Å². The maximum absolute atomic E-state index is 12.1. The van der Waals surface area contributed by atoms with E-state index in [-0.39, 0.29) is 18.2 Å². The third-order valence-electron chi connectivity index (χ3n) is 2.76. The third-order valence-corrected chi connectivity index (χ3v) is 2.76. The molecule has 0 bridgehead atoms. The van der Waals surface area contributed by atoms with Crippen molar-refractivity contribution in [3.05, 3.63) is 17.5 Å². The third kappa shape index (κ3) is 1.90. The topological polar surface area (TPSA) is 61.2 Å². The van der Waals surface area contributed by atoms with Gasteiger partial charge in [0.05, 0.1) is 24.5 Å². The molecule has 2 heterocycles. The Kier molecular flexibility index (Phi) is 2.87. The van der Waals surface area contributed by atoms with E-state index in [9.17, 15) is 9.59 Å². The van der Waals surface area contributed by atoms with E-state index < -0.39 is 5.92 Å². The summed E-state index contributed by atoms with van der Waals surface area (Å²) in [7, 11) is 1.75. The van der Waals surface area contributed by atoms with Gasteiger partial charge in [0.1, 0.15) is 11.7 Å². The fourth-order valence-electron chi connectivity index (χ4n) is 1.89. The Morgan fingerprint density at radius 3 is 2.94 bits per heavy atom. The highest BCUT2D eigenvalue weighted by Gasteiger charge is 2.31. The number of Topliss-reactive ketones (excluding diaryl/α,β-unsaturated/α-hetero) is 2. The number of nitrogens with zero attached hydrogens (tertiary/aromatic N) is 2. The molecule has 1 aromatic rings. The average Bonchev–Trinajstić information content (AvgIpc) is 2.58. The molecule has 0 radical (unpaired) electrons. The molecule has 1 fully saturated rings. The summed E-state index contributed by atoms with van der Waals surface area (Å²) in [6.45, 7) is 2.39. The first-order chi connectivity index (χ1) is 7.59. The molecule has 0 spiro atoms. The van der Waals surface area contributed by atoms with Gasteiger partial charge >= 0.3 is 0 Å². The number of rotatable bonds is 2. The Hall–Kier alpha value is -1.49. The van der Waals surface area contributed by atoms with Gasteiger partial charge in [-0.3, -0.25) is 14.3 Å². The van der Waals surface area contributed by atoms with Gasteiger partial charge in [0.25, 0.3) is 0 Å². The Morgan fingerprint density at radius 1 is 1.62 bits per heavy atom. The van der Waals surface area contributed by atoms with Crippen molar-refractivity contribution < 1.29 is 14.3 Å². The molecule has 2 rings (SSSR count). The maximum Gasteiger partial charge on any atom is 0.179 e. The molecule has 0 N–H and O–H groups in total. The quantitative estimate of drug-likeness (QED) is 0.540. The van der Waals surface area contributed by atoms with E-state index in [1.807, 2.05) is 0 Å². The van der Waals surface area contributed by atoms with Crippen LogP contribution in [0.3, 0.4) is 0 Å². The van der Waals surface area contributed by atoms with Crippen LogP contribution in [-0.4, -0.2) is 34.6 Å². The predicted molar refractivity (Wildman–Crippen MR) is 56.2 cm³/mol. The fraction of sp³-hybridized carbons (Fsp3) is 0.545.